The Balaban J connectivity index is 1.88. The Kier molecular flexibility index (Phi) is 5.62. The number of hydrogen-bond donors (Lipinski definition) is 1. The second-order valence-electron chi connectivity index (χ2n) is 7.29. The van der Waals surface area contributed by atoms with Gasteiger partial charge in [-0.05, 0) is 18.2 Å². The van der Waals surface area contributed by atoms with Gasteiger partial charge in [-0.15, -0.1) is 0 Å². The minimum absolute atomic E-state index is 0.256. The van der Waals surface area contributed by atoms with Crippen LogP contribution in [0.3, 0.4) is 0 Å². The molecule has 32 heavy (non-hydrogen) atoms. The molecule has 0 unspecified atom stereocenters. The first-order valence-corrected chi connectivity index (χ1v) is 9.71. The fourth-order valence-corrected chi connectivity index (χ4v) is 3.24. The Morgan fingerprint density at radius 2 is 2.00 bits per heavy atom. The van der Waals surface area contributed by atoms with Gasteiger partial charge in [0.25, 0.3) is 0 Å². The van der Waals surface area contributed by atoms with Crippen LogP contribution >= 0.6 is 0 Å². The number of aromatic nitrogens is 5. The van der Waals surface area contributed by atoms with E-state index in [9.17, 15) is 13.6 Å². The summed E-state index contributed by atoms with van der Waals surface area (Å²) in [5, 5.41) is 3.38. The van der Waals surface area contributed by atoms with Crippen LogP contribution in [0.1, 0.15) is 25.4 Å². The predicted molar refractivity (Wildman–Crippen MR) is 114 cm³/mol. The minimum Gasteiger partial charge on any atom is -0.378 e. The van der Waals surface area contributed by atoms with Crippen molar-refractivity contribution in [2.75, 3.05) is 12.4 Å². The van der Waals surface area contributed by atoms with Gasteiger partial charge in [-0.25, -0.2) is 15.0 Å². The Hall–Kier alpha value is -3.79. The summed E-state index contributed by atoms with van der Waals surface area (Å²) in [4.78, 5) is 28.0. The number of ether oxygens (including phenoxy) is 1. The van der Waals surface area contributed by atoms with Gasteiger partial charge < -0.3 is 14.6 Å². The van der Waals surface area contributed by atoms with Crippen molar-refractivity contribution in [1.29, 1.82) is 0 Å². The molecule has 0 aliphatic rings. The van der Waals surface area contributed by atoms with Gasteiger partial charge in [-0.2, -0.15) is 8.78 Å². The van der Waals surface area contributed by atoms with Crippen LogP contribution < -0.4 is 5.32 Å². The molecule has 0 fully saturated rings. The highest BCUT2D eigenvalue weighted by Crippen LogP contribution is 2.30. The van der Waals surface area contributed by atoms with E-state index < -0.39 is 11.7 Å². The van der Waals surface area contributed by atoms with Gasteiger partial charge in [0, 0.05) is 62.6 Å². The van der Waals surface area contributed by atoms with Crippen LogP contribution in [0, 0.1) is 0 Å². The number of halogens is 2. The number of anilines is 1. The van der Waals surface area contributed by atoms with Crippen molar-refractivity contribution in [2.45, 2.75) is 26.4 Å². The molecule has 0 aliphatic heterocycles. The number of nitrogens with one attached hydrogen (secondary N) is 1. The summed E-state index contributed by atoms with van der Waals surface area (Å²) in [7, 11) is 1.55. The normalized spacial score (nSPS) is 11.7. The Morgan fingerprint density at radius 3 is 2.72 bits per heavy atom. The fraction of sp³-hybridized carbons (Fsp3) is 0.227. The minimum atomic E-state index is -3.25. The standard InChI is InChI=1S/C22H20F2N6O2/c1-13(31)27-19-10-18-15(11-26-19)5-7-30(18)20-9-17(28-21(29-20)22(2,23)24)14-4-6-25-16(8-14)12-32-3/h4-11H,12H2,1-3H3,(H,26,27,31). The number of amides is 1. The molecule has 0 aromatic carbocycles. The maximum absolute atomic E-state index is 14.3. The van der Waals surface area contributed by atoms with Crippen molar-refractivity contribution in [1.82, 2.24) is 24.5 Å². The second kappa shape index (κ2) is 8.39. The number of fused-ring (bicyclic) bond motifs is 1. The van der Waals surface area contributed by atoms with E-state index in [1.54, 1.807) is 60.6 Å². The van der Waals surface area contributed by atoms with Gasteiger partial charge in [0.05, 0.1) is 23.5 Å². The van der Waals surface area contributed by atoms with Crippen molar-refractivity contribution in [2.24, 2.45) is 0 Å². The molecule has 0 bridgehead atoms. The number of rotatable bonds is 6. The molecule has 0 saturated heterocycles. The lowest BCUT2D eigenvalue weighted by Crippen LogP contribution is -2.15. The quantitative estimate of drug-likeness (QED) is 0.487. The molecule has 8 nitrogen and oxygen atoms in total. The molecule has 0 radical (unpaired) electrons. The highest BCUT2D eigenvalue weighted by molar-refractivity contribution is 5.91. The average molecular weight is 438 g/mol. The molecule has 164 valence electrons. The highest BCUT2D eigenvalue weighted by Gasteiger charge is 2.30. The molecular weight excluding hydrogens is 418 g/mol. The molecule has 4 heterocycles. The van der Waals surface area contributed by atoms with Crippen LogP contribution in [0.15, 0.2) is 48.9 Å². The molecule has 1 N–H and O–H groups in total. The van der Waals surface area contributed by atoms with Gasteiger partial charge in [-0.1, -0.05) is 0 Å². The lowest BCUT2D eigenvalue weighted by atomic mass is 10.1. The topological polar surface area (TPSA) is 94.8 Å². The zero-order chi connectivity index (χ0) is 22.9. The summed E-state index contributed by atoms with van der Waals surface area (Å²) in [6.07, 6.45) is 4.87. The van der Waals surface area contributed by atoms with Crippen LogP contribution in [0.25, 0.3) is 28.0 Å². The van der Waals surface area contributed by atoms with Crippen molar-refractivity contribution in [3.63, 3.8) is 0 Å². The van der Waals surface area contributed by atoms with Gasteiger partial charge in [-0.3, -0.25) is 9.78 Å². The number of alkyl halides is 2. The molecule has 4 aromatic heterocycles. The Labute approximate surface area is 182 Å². The lowest BCUT2D eigenvalue weighted by molar-refractivity contribution is -0.114. The summed E-state index contributed by atoms with van der Waals surface area (Å²) in [6.45, 7) is 2.42. The maximum atomic E-state index is 14.3. The average Bonchev–Trinajstić information content (AvgIpc) is 3.16. The number of carbonyl (C=O) groups is 1. The first kappa shape index (κ1) is 21.4. The Bertz CT molecular complexity index is 1300. The van der Waals surface area contributed by atoms with Crippen LogP contribution in [0.4, 0.5) is 14.6 Å². The van der Waals surface area contributed by atoms with Crippen molar-refractivity contribution in [3.05, 3.63) is 60.4 Å². The van der Waals surface area contributed by atoms with Gasteiger partial charge in [0.15, 0.2) is 0 Å². The molecular formula is C22H20F2N6O2. The molecule has 4 rings (SSSR count). The van der Waals surface area contributed by atoms with Crippen molar-refractivity contribution >= 4 is 22.6 Å². The second-order valence-corrected chi connectivity index (χ2v) is 7.29. The molecule has 0 aliphatic carbocycles. The molecule has 0 saturated carbocycles. The van der Waals surface area contributed by atoms with E-state index in [0.717, 1.165) is 12.3 Å². The van der Waals surface area contributed by atoms with Gasteiger partial charge in [0.1, 0.15) is 11.6 Å². The summed E-state index contributed by atoms with van der Waals surface area (Å²) in [5.74, 6) is -3.52. The Morgan fingerprint density at radius 1 is 1.19 bits per heavy atom. The van der Waals surface area contributed by atoms with Crippen LogP contribution in [0.2, 0.25) is 0 Å². The van der Waals surface area contributed by atoms with E-state index >= 15 is 0 Å². The summed E-state index contributed by atoms with van der Waals surface area (Å²) >= 11 is 0. The monoisotopic (exact) mass is 438 g/mol. The predicted octanol–water partition coefficient (Wildman–Crippen LogP) is 4.09. The zero-order valence-corrected chi connectivity index (χ0v) is 17.6. The van der Waals surface area contributed by atoms with Crippen molar-refractivity contribution < 1.29 is 18.3 Å². The summed E-state index contributed by atoms with van der Waals surface area (Å²) in [6, 6.07) is 8.49. The number of hydrogen-bond acceptors (Lipinski definition) is 6. The first-order valence-electron chi connectivity index (χ1n) is 9.71. The third-order valence-electron chi connectivity index (χ3n) is 4.64. The number of methoxy groups -OCH3 is 1. The van der Waals surface area contributed by atoms with E-state index in [0.29, 0.717) is 28.3 Å². The smallest absolute Gasteiger partial charge is 0.303 e. The zero-order valence-electron chi connectivity index (χ0n) is 17.6. The third-order valence-corrected chi connectivity index (χ3v) is 4.64. The number of nitrogens with zero attached hydrogens (tertiary/aromatic N) is 5. The summed E-state index contributed by atoms with van der Waals surface area (Å²) < 4.78 is 35.3. The molecule has 4 aromatic rings. The van der Waals surface area contributed by atoms with Crippen LogP contribution in [0.5, 0.6) is 0 Å². The van der Waals surface area contributed by atoms with Gasteiger partial charge in [0.2, 0.25) is 11.7 Å². The molecule has 10 heteroatoms. The van der Waals surface area contributed by atoms with E-state index in [1.165, 1.54) is 6.92 Å². The maximum Gasteiger partial charge on any atom is 0.303 e. The highest BCUT2D eigenvalue weighted by atomic mass is 19.3. The first-order chi connectivity index (χ1) is 15.2. The van der Waals surface area contributed by atoms with E-state index in [2.05, 4.69) is 25.3 Å². The molecule has 0 spiro atoms. The molecule has 1 amide bonds. The van der Waals surface area contributed by atoms with Crippen LogP contribution in [-0.4, -0.2) is 37.5 Å². The fourth-order valence-electron chi connectivity index (χ4n) is 3.24. The number of carbonyl (C=O) groups excluding carboxylic acids is 1. The van der Waals surface area contributed by atoms with E-state index in [-0.39, 0.29) is 18.3 Å². The summed E-state index contributed by atoms with van der Waals surface area (Å²) in [5.41, 5.74) is 2.23. The number of pyridine rings is 2. The van der Waals surface area contributed by atoms with Crippen molar-refractivity contribution in [3.8, 4) is 17.1 Å². The SMILES string of the molecule is COCc1cc(-c2cc(-n3ccc4cnc(NC(C)=O)cc43)nc(C(C)(F)F)n2)ccn1. The lowest BCUT2D eigenvalue weighted by Gasteiger charge is -2.14. The van der Waals surface area contributed by atoms with E-state index in [4.69, 9.17) is 4.74 Å². The van der Waals surface area contributed by atoms with E-state index in [1.807, 2.05) is 0 Å². The van der Waals surface area contributed by atoms with Gasteiger partial charge >= 0.3 is 5.92 Å². The van der Waals surface area contributed by atoms with Crippen LogP contribution in [-0.2, 0) is 22.1 Å². The third kappa shape index (κ3) is 4.45. The molecule has 0 atom stereocenters. The largest absolute Gasteiger partial charge is 0.378 e.